The van der Waals surface area contributed by atoms with E-state index in [-0.39, 0.29) is 29.2 Å². The number of carbonyl (C=O) groups excluding carboxylic acids is 1. The molecular formula is C17H10F4N2O2. The molecule has 0 unspecified atom stereocenters. The van der Waals surface area contributed by atoms with Crippen molar-refractivity contribution >= 4 is 5.78 Å². The van der Waals surface area contributed by atoms with Crippen LogP contribution in [0.4, 0.5) is 17.6 Å². The Hall–Kier alpha value is -3.03. The minimum absolute atomic E-state index is 0.119. The topological polar surface area (TPSA) is 56.0 Å². The third-order valence-corrected chi connectivity index (χ3v) is 3.44. The molecule has 0 fully saturated rings. The highest BCUT2D eigenvalue weighted by Crippen LogP contribution is 2.29. The maximum absolute atomic E-state index is 13.6. The predicted octanol–water partition coefficient (Wildman–Crippen LogP) is 4.32. The van der Waals surface area contributed by atoms with Gasteiger partial charge in [-0.25, -0.2) is 4.39 Å². The summed E-state index contributed by atoms with van der Waals surface area (Å²) < 4.78 is 55.1. The van der Waals surface area contributed by atoms with Crippen molar-refractivity contribution in [2.75, 3.05) is 0 Å². The lowest BCUT2D eigenvalue weighted by molar-refractivity contribution is -0.159. The minimum Gasteiger partial charge on any atom is -0.329 e. The SMILES string of the molecule is O=C(Cc1ccccc1F)c1ccc(-c2noc(C(F)(F)F)n2)cc1. The van der Waals surface area contributed by atoms with Crippen LogP contribution in [0.1, 0.15) is 21.8 Å². The van der Waals surface area contributed by atoms with Crippen LogP contribution >= 0.6 is 0 Å². The van der Waals surface area contributed by atoms with Gasteiger partial charge in [-0.1, -0.05) is 47.6 Å². The minimum atomic E-state index is -4.72. The molecule has 2 aromatic carbocycles. The van der Waals surface area contributed by atoms with Crippen molar-refractivity contribution in [2.24, 2.45) is 0 Å². The number of Topliss-reactive ketones (excluding diaryl/α,β-unsaturated/α-hetero) is 1. The Morgan fingerprint density at radius 2 is 1.72 bits per heavy atom. The van der Waals surface area contributed by atoms with Gasteiger partial charge in [0.2, 0.25) is 5.82 Å². The fraction of sp³-hybridized carbons (Fsp3) is 0.118. The number of carbonyl (C=O) groups is 1. The quantitative estimate of drug-likeness (QED) is 0.519. The average molecular weight is 350 g/mol. The predicted molar refractivity (Wildman–Crippen MR) is 79.2 cm³/mol. The highest BCUT2D eigenvalue weighted by Gasteiger charge is 2.38. The van der Waals surface area contributed by atoms with E-state index >= 15 is 0 Å². The Labute approximate surface area is 139 Å². The zero-order valence-corrected chi connectivity index (χ0v) is 12.5. The third-order valence-electron chi connectivity index (χ3n) is 3.44. The normalized spacial score (nSPS) is 11.5. The molecule has 0 radical (unpaired) electrons. The molecule has 1 aromatic heterocycles. The van der Waals surface area contributed by atoms with Crippen LogP contribution in [0.25, 0.3) is 11.4 Å². The molecule has 0 aliphatic rings. The monoisotopic (exact) mass is 350 g/mol. The summed E-state index contributed by atoms with van der Waals surface area (Å²) in [5, 5.41) is 3.27. The Morgan fingerprint density at radius 1 is 1.04 bits per heavy atom. The summed E-state index contributed by atoms with van der Waals surface area (Å²) in [7, 11) is 0. The van der Waals surface area contributed by atoms with Crippen molar-refractivity contribution in [3.63, 3.8) is 0 Å². The van der Waals surface area contributed by atoms with Crippen molar-refractivity contribution in [1.29, 1.82) is 0 Å². The number of halogens is 4. The summed E-state index contributed by atoms with van der Waals surface area (Å²) in [6.07, 6.45) is -4.84. The van der Waals surface area contributed by atoms with Gasteiger partial charge in [0.05, 0.1) is 0 Å². The van der Waals surface area contributed by atoms with Crippen molar-refractivity contribution in [2.45, 2.75) is 12.6 Å². The van der Waals surface area contributed by atoms with Crippen LogP contribution in [0.5, 0.6) is 0 Å². The number of ketones is 1. The fourth-order valence-electron chi connectivity index (χ4n) is 2.18. The Balaban J connectivity index is 1.77. The first-order valence-corrected chi connectivity index (χ1v) is 7.12. The van der Waals surface area contributed by atoms with E-state index in [0.29, 0.717) is 5.56 Å². The van der Waals surface area contributed by atoms with Gasteiger partial charge in [-0.05, 0) is 11.6 Å². The molecule has 0 amide bonds. The third kappa shape index (κ3) is 3.73. The number of aromatic nitrogens is 2. The highest BCUT2D eigenvalue weighted by atomic mass is 19.4. The summed E-state index contributed by atoms with van der Waals surface area (Å²) in [4.78, 5) is 15.5. The lowest BCUT2D eigenvalue weighted by Gasteiger charge is -2.03. The van der Waals surface area contributed by atoms with E-state index in [1.807, 2.05) is 0 Å². The molecule has 1 heterocycles. The average Bonchev–Trinajstić information content (AvgIpc) is 3.07. The number of nitrogens with zero attached hydrogens (tertiary/aromatic N) is 2. The largest absolute Gasteiger partial charge is 0.471 e. The van der Waals surface area contributed by atoms with Gasteiger partial charge in [0.25, 0.3) is 0 Å². The maximum atomic E-state index is 13.6. The van der Waals surface area contributed by atoms with Crippen LogP contribution < -0.4 is 0 Å². The smallest absolute Gasteiger partial charge is 0.329 e. The molecule has 3 aromatic rings. The van der Waals surface area contributed by atoms with Gasteiger partial charge in [-0.2, -0.15) is 18.2 Å². The van der Waals surface area contributed by atoms with Crippen LogP contribution in [0.2, 0.25) is 0 Å². The molecule has 0 atom stereocenters. The lowest BCUT2D eigenvalue weighted by Crippen LogP contribution is -2.05. The second-order valence-electron chi connectivity index (χ2n) is 5.19. The van der Waals surface area contributed by atoms with Crippen LogP contribution in [0.3, 0.4) is 0 Å². The molecule has 4 nitrogen and oxygen atoms in total. The molecule has 0 aliphatic carbocycles. The molecule has 3 rings (SSSR count). The van der Waals surface area contributed by atoms with Gasteiger partial charge in [0, 0.05) is 17.5 Å². The number of rotatable bonds is 4. The first kappa shape index (κ1) is 16.8. The van der Waals surface area contributed by atoms with Gasteiger partial charge < -0.3 is 4.52 Å². The van der Waals surface area contributed by atoms with Crippen molar-refractivity contribution < 1.29 is 26.9 Å². The van der Waals surface area contributed by atoms with E-state index in [1.165, 1.54) is 42.5 Å². The second kappa shape index (κ2) is 6.46. The number of hydrogen-bond acceptors (Lipinski definition) is 4. The standard InChI is InChI=1S/C17H10F4N2O2/c18-13-4-2-1-3-12(13)9-14(24)10-5-7-11(8-6-10)15-22-16(25-23-15)17(19,20)21/h1-8H,9H2. The summed E-state index contributed by atoms with van der Waals surface area (Å²) in [5.41, 5.74) is 0.831. The first-order valence-electron chi connectivity index (χ1n) is 7.12. The van der Waals surface area contributed by atoms with Crippen molar-refractivity contribution in [3.05, 3.63) is 71.4 Å². The highest BCUT2D eigenvalue weighted by molar-refractivity contribution is 5.97. The van der Waals surface area contributed by atoms with Crippen molar-refractivity contribution in [1.82, 2.24) is 10.1 Å². The van der Waals surface area contributed by atoms with E-state index in [4.69, 9.17) is 0 Å². The first-order chi connectivity index (χ1) is 11.8. The van der Waals surface area contributed by atoms with E-state index in [2.05, 4.69) is 14.7 Å². The van der Waals surface area contributed by atoms with Crippen LogP contribution in [0.15, 0.2) is 53.1 Å². The summed E-state index contributed by atoms with van der Waals surface area (Å²) >= 11 is 0. The van der Waals surface area contributed by atoms with Gasteiger partial charge in [-0.3, -0.25) is 4.79 Å². The molecule has 0 N–H and O–H groups in total. The molecule has 0 saturated carbocycles. The Kier molecular flexibility index (Phi) is 4.35. The summed E-state index contributed by atoms with van der Waals surface area (Å²) in [6.45, 7) is 0. The summed E-state index contributed by atoms with van der Waals surface area (Å²) in [5.74, 6) is -2.47. The van der Waals surface area contributed by atoms with E-state index in [1.54, 1.807) is 6.07 Å². The maximum Gasteiger partial charge on any atom is 0.471 e. The van der Waals surface area contributed by atoms with E-state index < -0.39 is 17.9 Å². The van der Waals surface area contributed by atoms with Gasteiger partial charge in [-0.15, -0.1) is 0 Å². The Bertz CT molecular complexity index is 902. The zero-order chi connectivity index (χ0) is 18.0. The Morgan fingerprint density at radius 3 is 2.32 bits per heavy atom. The number of alkyl halides is 3. The van der Waals surface area contributed by atoms with Crippen LogP contribution in [0, 0.1) is 5.82 Å². The number of hydrogen-bond donors (Lipinski definition) is 0. The lowest BCUT2D eigenvalue weighted by atomic mass is 10.0. The second-order valence-corrected chi connectivity index (χ2v) is 5.19. The number of benzene rings is 2. The molecule has 0 bridgehead atoms. The molecule has 8 heteroatoms. The molecule has 0 saturated heterocycles. The van der Waals surface area contributed by atoms with Gasteiger partial charge in [0.15, 0.2) is 5.78 Å². The van der Waals surface area contributed by atoms with Crippen molar-refractivity contribution in [3.8, 4) is 11.4 Å². The molecule has 0 aliphatic heterocycles. The van der Waals surface area contributed by atoms with Crippen LogP contribution in [-0.4, -0.2) is 15.9 Å². The van der Waals surface area contributed by atoms with E-state index in [0.717, 1.165) is 0 Å². The molecule has 0 spiro atoms. The fourth-order valence-corrected chi connectivity index (χ4v) is 2.18. The van der Waals surface area contributed by atoms with Gasteiger partial charge >= 0.3 is 12.1 Å². The summed E-state index contributed by atoms with van der Waals surface area (Å²) in [6, 6.07) is 11.6. The molecular weight excluding hydrogens is 340 g/mol. The zero-order valence-electron chi connectivity index (χ0n) is 12.5. The van der Waals surface area contributed by atoms with Gasteiger partial charge in [0.1, 0.15) is 5.82 Å². The molecule has 128 valence electrons. The molecule has 25 heavy (non-hydrogen) atoms. The van der Waals surface area contributed by atoms with E-state index in [9.17, 15) is 22.4 Å². The van der Waals surface area contributed by atoms with Crippen LogP contribution in [-0.2, 0) is 12.6 Å².